The van der Waals surface area contributed by atoms with Crippen LogP contribution in [0.4, 0.5) is 0 Å². The Bertz CT molecular complexity index is 251. The Morgan fingerprint density at radius 1 is 0.650 bits per heavy atom. The van der Waals surface area contributed by atoms with E-state index >= 15 is 0 Å². The largest absolute Gasteiger partial charge is 0.466 e. The molecule has 4 nitrogen and oxygen atoms in total. The van der Waals surface area contributed by atoms with Gasteiger partial charge in [-0.05, 0) is 12.8 Å². The fourth-order valence-corrected chi connectivity index (χ4v) is 1.75. The SMILES string of the molecule is CCCCCCCCOC(=O)CCC(=O)OCCCC. The van der Waals surface area contributed by atoms with Gasteiger partial charge in [0, 0.05) is 0 Å². The Balaban J connectivity index is 3.34. The van der Waals surface area contributed by atoms with Crippen molar-refractivity contribution in [2.24, 2.45) is 0 Å². The van der Waals surface area contributed by atoms with Crippen LogP contribution in [0.5, 0.6) is 0 Å². The fourth-order valence-electron chi connectivity index (χ4n) is 1.75. The number of hydrogen-bond donors (Lipinski definition) is 0. The number of carbonyl (C=O) groups excluding carboxylic acids is 2. The Labute approximate surface area is 123 Å². The molecule has 0 aliphatic heterocycles. The van der Waals surface area contributed by atoms with Gasteiger partial charge >= 0.3 is 11.9 Å². The lowest BCUT2D eigenvalue weighted by molar-refractivity contribution is -0.150. The molecule has 4 heteroatoms. The van der Waals surface area contributed by atoms with Gasteiger partial charge in [-0.1, -0.05) is 52.4 Å². The average Bonchev–Trinajstić information content (AvgIpc) is 2.44. The third kappa shape index (κ3) is 13.4. The van der Waals surface area contributed by atoms with Crippen molar-refractivity contribution < 1.29 is 19.1 Å². The summed E-state index contributed by atoms with van der Waals surface area (Å²) in [6.45, 7) is 5.14. The summed E-state index contributed by atoms with van der Waals surface area (Å²) >= 11 is 0. The molecule has 0 N–H and O–H groups in total. The van der Waals surface area contributed by atoms with Crippen molar-refractivity contribution in [1.82, 2.24) is 0 Å². The molecule has 20 heavy (non-hydrogen) atoms. The molecule has 0 saturated carbocycles. The molecule has 0 spiro atoms. The van der Waals surface area contributed by atoms with Gasteiger partial charge in [0.1, 0.15) is 0 Å². The summed E-state index contributed by atoms with van der Waals surface area (Å²) < 4.78 is 10.0. The highest BCUT2D eigenvalue weighted by molar-refractivity contribution is 5.77. The van der Waals surface area contributed by atoms with E-state index in [-0.39, 0.29) is 24.8 Å². The Morgan fingerprint density at radius 3 is 1.65 bits per heavy atom. The van der Waals surface area contributed by atoms with Crippen LogP contribution in [0.25, 0.3) is 0 Å². The molecule has 0 rings (SSSR count). The standard InChI is InChI=1S/C16H30O4/c1-3-5-7-8-9-10-14-20-16(18)12-11-15(17)19-13-6-4-2/h3-14H2,1-2H3. The summed E-state index contributed by atoms with van der Waals surface area (Å²) in [6, 6.07) is 0. The van der Waals surface area contributed by atoms with E-state index in [2.05, 4.69) is 6.92 Å². The van der Waals surface area contributed by atoms with Crippen molar-refractivity contribution in [2.45, 2.75) is 78.1 Å². The molecule has 0 aliphatic rings. The second-order valence-corrected chi connectivity index (χ2v) is 5.06. The minimum Gasteiger partial charge on any atom is -0.466 e. The van der Waals surface area contributed by atoms with Crippen LogP contribution < -0.4 is 0 Å². The number of hydrogen-bond acceptors (Lipinski definition) is 4. The molecule has 0 fully saturated rings. The van der Waals surface area contributed by atoms with Gasteiger partial charge in [-0.25, -0.2) is 0 Å². The minimum atomic E-state index is -0.310. The highest BCUT2D eigenvalue weighted by Gasteiger charge is 2.08. The number of ether oxygens (including phenoxy) is 2. The predicted molar refractivity (Wildman–Crippen MR) is 79.4 cm³/mol. The van der Waals surface area contributed by atoms with Crippen molar-refractivity contribution in [3.05, 3.63) is 0 Å². The van der Waals surface area contributed by atoms with E-state index in [9.17, 15) is 9.59 Å². The molecule has 0 unspecified atom stereocenters. The van der Waals surface area contributed by atoms with E-state index in [4.69, 9.17) is 9.47 Å². The third-order valence-electron chi connectivity index (χ3n) is 3.06. The molecular formula is C16H30O4. The first-order valence-electron chi connectivity index (χ1n) is 8.02. The van der Waals surface area contributed by atoms with Crippen LogP contribution in [0.1, 0.15) is 78.1 Å². The maximum absolute atomic E-state index is 11.4. The number of unbranched alkanes of at least 4 members (excludes halogenated alkanes) is 6. The molecule has 0 amide bonds. The Kier molecular flexibility index (Phi) is 13.6. The molecule has 0 aromatic heterocycles. The summed E-state index contributed by atoms with van der Waals surface area (Å²) in [6.07, 6.45) is 9.11. The van der Waals surface area contributed by atoms with Crippen LogP contribution >= 0.6 is 0 Å². The van der Waals surface area contributed by atoms with Crippen LogP contribution in [-0.4, -0.2) is 25.2 Å². The van der Waals surface area contributed by atoms with Crippen LogP contribution in [-0.2, 0) is 19.1 Å². The van der Waals surface area contributed by atoms with Gasteiger partial charge in [-0.2, -0.15) is 0 Å². The lowest BCUT2D eigenvalue weighted by atomic mass is 10.1. The van der Waals surface area contributed by atoms with E-state index in [0.29, 0.717) is 13.2 Å². The molecule has 0 aromatic rings. The van der Waals surface area contributed by atoms with E-state index in [1.807, 2.05) is 6.92 Å². The fraction of sp³-hybridized carbons (Fsp3) is 0.875. The molecule has 0 saturated heterocycles. The van der Waals surface area contributed by atoms with Gasteiger partial charge < -0.3 is 9.47 Å². The van der Waals surface area contributed by atoms with Gasteiger partial charge in [-0.15, -0.1) is 0 Å². The van der Waals surface area contributed by atoms with Gasteiger partial charge in [0.05, 0.1) is 26.1 Å². The predicted octanol–water partition coefficient (Wildman–Crippen LogP) is 4.01. The second-order valence-electron chi connectivity index (χ2n) is 5.06. The van der Waals surface area contributed by atoms with Crippen LogP contribution in [0, 0.1) is 0 Å². The zero-order chi connectivity index (χ0) is 15.1. The summed E-state index contributed by atoms with van der Waals surface area (Å²) in [5.41, 5.74) is 0. The first kappa shape index (κ1) is 18.9. The van der Waals surface area contributed by atoms with Gasteiger partial charge in [0.25, 0.3) is 0 Å². The van der Waals surface area contributed by atoms with Crippen molar-refractivity contribution >= 4 is 11.9 Å². The van der Waals surface area contributed by atoms with E-state index in [1.165, 1.54) is 25.7 Å². The van der Waals surface area contributed by atoms with Crippen LogP contribution in [0.2, 0.25) is 0 Å². The highest BCUT2D eigenvalue weighted by atomic mass is 16.5. The molecular weight excluding hydrogens is 256 g/mol. The maximum Gasteiger partial charge on any atom is 0.306 e. The van der Waals surface area contributed by atoms with Crippen molar-refractivity contribution in [2.75, 3.05) is 13.2 Å². The second kappa shape index (κ2) is 14.4. The first-order chi connectivity index (χ1) is 9.70. The van der Waals surface area contributed by atoms with Crippen LogP contribution in [0.3, 0.4) is 0 Å². The molecule has 118 valence electrons. The molecule has 0 aromatic carbocycles. The van der Waals surface area contributed by atoms with Gasteiger partial charge in [0.15, 0.2) is 0 Å². The Hall–Kier alpha value is -1.06. The summed E-state index contributed by atoms with van der Waals surface area (Å²) in [4.78, 5) is 22.7. The maximum atomic E-state index is 11.4. The van der Waals surface area contributed by atoms with Crippen molar-refractivity contribution in [3.63, 3.8) is 0 Å². The van der Waals surface area contributed by atoms with Crippen molar-refractivity contribution in [1.29, 1.82) is 0 Å². The normalized spacial score (nSPS) is 10.3. The Morgan fingerprint density at radius 2 is 1.10 bits per heavy atom. The van der Waals surface area contributed by atoms with Crippen LogP contribution in [0.15, 0.2) is 0 Å². The summed E-state index contributed by atoms with van der Waals surface area (Å²) in [5.74, 6) is -0.610. The quantitative estimate of drug-likeness (QED) is 0.379. The van der Waals surface area contributed by atoms with E-state index < -0.39 is 0 Å². The van der Waals surface area contributed by atoms with E-state index in [1.54, 1.807) is 0 Å². The highest BCUT2D eigenvalue weighted by Crippen LogP contribution is 2.05. The first-order valence-corrected chi connectivity index (χ1v) is 8.02. The molecule has 0 heterocycles. The molecule has 0 bridgehead atoms. The zero-order valence-corrected chi connectivity index (χ0v) is 13.1. The zero-order valence-electron chi connectivity index (χ0n) is 13.1. The molecule has 0 atom stereocenters. The number of carbonyl (C=O) groups is 2. The molecule has 0 radical (unpaired) electrons. The van der Waals surface area contributed by atoms with E-state index in [0.717, 1.165) is 25.7 Å². The minimum absolute atomic E-state index is 0.124. The lowest BCUT2D eigenvalue weighted by Gasteiger charge is -2.05. The smallest absolute Gasteiger partial charge is 0.306 e. The molecule has 0 aliphatic carbocycles. The number of esters is 2. The van der Waals surface area contributed by atoms with Gasteiger partial charge in [0.2, 0.25) is 0 Å². The van der Waals surface area contributed by atoms with Gasteiger partial charge in [-0.3, -0.25) is 9.59 Å². The summed E-state index contributed by atoms with van der Waals surface area (Å²) in [7, 11) is 0. The topological polar surface area (TPSA) is 52.6 Å². The third-order valence-corrected chi connectivity index (χ3v) is 3.06. The average molecular weight is 286 g/mol. The van der Waals surface area contributed by atoms with Crippen molar-refractivity contribution in [3.8, 4) is 0 Å². The lowest BCUT2D eigenvalue weighted by Crippen LogP contribution is -2.11. The monoisotopic (exact) mass is 286 g/mol. The number of rotatable bonds is 13. The summed E-state index contributed by atoms with van der Waals surface area (Å²) in [5, 5.41) is 0.